The van der Waals surface area contributed by atoms with E-state index in [1.807, 2.05) is 25.1 Å². The van der Waals surface area contributed by atoms with Gasteiger partial charge >= 0.3 is 0 Å². The highest BCUT2D eigenvalue weighted by molar-refractivity contribution is 5.98. The van der Waals surface area contributed by atoms with Crippen molar-refractivity contribution >= 4 is 5.78 Å². The Bertz CT molecular complexity index is 442. The molecule has 0 unspecified atom stereocenters. The molecule has 1 aliphatic carbocycles. The van der Waals surface area contributed by atoms with Gasteiger partial charge in [0.15, 0.2) is 5.78 Å². The third-order valence-electron chi connectivity index (χ3n) is 3.91. The smallest absolute Gasteiger partial charge is 0.166 e. The molecule has 1 fully saturated rings. The summed E-state index contributed by atoms with van der Waals surface area (Å²) in [5, 5.41) is 0. The summed E-state index contributed by atoms with van der Waals surface area (Å²) in [5.74, 6) is 0.950. The first-order valence-electron chi connectivity index (χ1n) is 6.33. The van der Waals surface area contributed by atoms with E-state index in [1.54, 1.807) is 14.2 Å². The number of ketones is 1. The lowest BCUT2D eigenvalue weighted by atomic mass is 9.75. The summed E-state index contributed by atoms with van der Waals surface area (Å²) < 4.78 is 10.7. The molecule has 1 aromatic carbocycles. The van der Waals surface area contributed by atoms with Crippen molar-refractivity contribution in [2.75, 3.05) is 14.2 Å². The van der Waals surface area contributed by atoms with E-state index in [1.165, 1.54) is 0 Å². The highest BCUT2D eigenvalue weighted by Crippen LogP contribution is 2.39. The molecule has 2 rings (SSSR count). The van der Waals surface area contributed by atoms with E-state index in [0.29, 0.717) is 6.42 Å². The van der Waals surface area contributed by atoms with Crippen molar-refractivity contribution in [1.82, 2.24) is 0 Å². The van der Waals surface area contributed by atoms with Gasteiger partial charge in [0.25, 0.3) is 0 Å². The quantitative estimate of drug-likeness (QED) is 0.751. The van der Waals surface area contributed by atoms with Crippen molar-refractivity contribution in [3.05, 3.63) is 29.3 Å². The lowest BCUT2D eigenvalue weighted by Gasteiger charge is -2.40. The second-order valence-corrected chi connectivity index (χ2v) is 5.02. The third-order valence-corrected chi connectivity index (χ3v) is 3.91. The Balaban J connectivity index is 2.14. The third kappa shape index (κ3) is 2.41. The SMILES string of the molecule is COc1ccc(C(=O)CC2(OC)CCC2)c(C)c1. The minimum Gasteiger partial charge on any atom is -0.497 e. The van der Waals surface area contributed by atoms with E-state index in [-0.39, 0.29) is 11.4 Å². The molecule has 1 saturated carbocycles. The number of rotatable bonds is 5. The Morgan fingerprint density at radius 1 is 1.33 bits per heavy atom. The van der Waals surface area contributed by atoms with Gasteiger partial charge in [-0.25, -0.2) is 0 Å². The molecule has 3 nitrogen and oxygen atoms in total. The van der Waals surface area contributed by atoms with Crippen molar-refractivity contribution in [3.63, 3.8) is 0 Å². The van der Waals surface area contributed by atoms with Gasteiger partial charge in [-0.15, -0.1) is 0 Å². The Labute approximate surface area is 108 Å². The lowest BCUT2D eigenvalue weighted by molar-refractivity contribution is -0.0704. The Morgan fingerprint density at radius 3 is 2.50 bits per heavy atom. The summed E-state index contributed by atoms with van der Waals surface area (Å²) in [4.78, 5) is 12.3. The van der Waals surface area contributed by atoms with Gasteiger partial charge in [0.05, 0.1) is 12.7 Å². The van der Waals surface area contributed by atoms with E-state index in [2.05, 4.69) is 0 Å². The summed E-state index contributed by atoms with van der Waals surface area (Å²) in [6.45, 7) is 1.94. The molecular weight excluding hydrogens is 228 g/mol. The first-order valence-corrected chi connectivity index (χ1v) is 6.33. The number of carbonyl (C=O) groups is 1. The number of hydrogen-bond acceptors (Lipinski definition) is 3. The van der Waals surface area contributed by atoms with Crippen LogP contribution in [0.1, 0.15) is 41.6 Å². The molecule has 0 aliphatic heterocycles. The molecule has 0 bridgehead atoms. The number of Topliss-reactive ketones (excluding diaryl/α,β-unsaturated/α-hetero) is 1. The monoisotopic (exact) mass is 248 g/mol. The van der Waals surface area contributed by atoms with E-state index in [0.717, 1.165) is 36.1 Å². The molecule has 0 saturated heterocycles. The maximum absolute atomic E-state index is 12.3. The van der Waals surface area contributed by atoms with Crippen molar-refractivity contribution in [2.24, 2.45) is 0 Å². The molecule has 1 aromatic rings. The summed E-state index contributed by atoms with van der Waals surface area (Å²) in [5.41, 5.74) is 1.53. The van der Waals surface area contributed by atoms with Crippen LogP contribution in [-0.4, -0.2) is 25.6 Å². The maximum Gasteiger partial charge on any atom is 0.166 e. The fourth-order valence-corrected chi connectivity index (χ4v) is 2.49. The second kappa shape index (κ2) is 5.11. The zero-order valence-corrected chi connectivity index (χ0v) is 11.3. The Hall–Kier alpha value is -1.35. The zero-order chi connectivity index (χ0) is 13.2. The predicted octanol–water partition coefficient (Wildman–Crippen LogP) is 3.15. The fraction of sp³-hybridized carbons (Fsp3) is 0.533. The van der Waals surface area contributed by atoms with Gasteiger partial charge in [0.1, 0.15) is 5.75 Å². The Kier molecular flexibility index (Phi) is 3.71. The van der Waals surface area contributed by atoms with Crippen molar-refractivity contribution in [2.45, 2.75) is 38.2 Å². The van der Waals surface area contributed by atoms with Gasteiger partial charge in [-0.05, 0) is 49.9 Å². The average Bonchev–Trinajstić information content (AvgIpc) is 2.33. The molecule has 0 heterocycles. The van der Waals surface area contributed by atoms with E-state index in [4.69, 9.17) is 9.47 Å². The number of methoxy groups -OCH3 is 2. The van der Waals surface area contributed by atoms with Crippen LogP contribution in [0.2, 0.25) is 0 Å². The van der Waals surface area contributed by atoms with Crippen LogP contribution in [0.5, 0.6) is 5.75 Å². The molecular formula is C15H20O3. The van der Waals surface area contributed by atoms with Crippen LogP contribution < -0.4 is 4.74 Å². The molecule has 0 spiro atoms. The standard InChI is InChI=1S/C15H20O3/c1-11-9-12(17-2)5-6-13(11)14(16)10-15(18-3)7-4-8-15/h5-6,9H,4,7-8,10H2,1-3H3. The number of carbonyl (C=O) groups excluding carboxylic acids is 1. The lowest BCUT2D eigenvalue weighted by Crippen LogP contribution is -2.41. The molecule has 0 aromatic heterocycles. The summed E-state index contributed by atoms with van der Waals surface area (Å²) in [6, 6.07) is 5.58. The number of benzene rings is 1. The van der Waals surface area contributed by atoms with Crippen LogP contribution in [-0.2, 0) is 4.74 Å². The van der Waals surface area contributed by atoms with E-state index < -0.39 is 0 Å². The van der Waals surface area contributed by atoms with Crippen molar-refractivity contribution < 1.29 is 14.3 Å². The van der Waals surface area contributed by atoms with E-state index in [9.17, 15) is 4.79 Å². The molecule has 0 N–H and O–H groups in total. The highest BCUT2D eigenvalue weighted by atomic mass is 16.5. The van der Waals surface area contributed by atoms with Crippen LogP contribution in [0.15, 0.2) is 18.2 Å². The molecule has 98 valence electrons. The van der Waals surface area contributed by atoms with Gasteiger partial charge in [-0.3, -0.25) is 4.79 Å². The maximum atomic E-state index is 12.3. The summed E-state index contributed by atoms with van der Waals surface area (Å²) >= 11 is 0. The highest BCUT2D eigenvalue weighted by Gasteiger charge is 2.39. The van der Waals surface area contributed by atoms with Crippen molar-refractivity contribution in [1.29, 1.82) is 0 Å². The fourth-order valence-electron chi connectivity index (χ4n) is 2.49. The van der Waals surface area contributed by atoms with Crippen LogP contribution >= 0.6 is 0 Å². The normalized spacial score (nSPS) is 17.1. The first-order chi connectivity index (χ1) is 8.60. The van der Waals surface area contributed by atoms with Gasteiger partial charge in [0, 0.05) is 19.1 Å². The zero-order valence-electron chi connectivity index (χ0n) is 11.3. The number of aryl methyl sites for hydroxylation is 1. The molecule has 18 heavy (non-hydrogen) atoms. The van der Waals surface area contributed by atoms with Crippen LogP contribution in [0.25, 0.3) is 0 Å². The number of ether oxygens (including phenoxy) is 2. The molecule has 0 radical (unpaired) electrons. The van der Waals surface area contributed by atoms with E-state index >= 15 is 0 Å². The second-order valence-electron chi connectivity index (χ2n) is 5.02. The van der Waals surface area contributed by atoms with Crippen LogP contribution in [0.4, 0.5) is 0 Å². The van der Waals surface area contributed by atoms with Gasteiger partial charge in [-0.1, -0.05) is 0 Å². The summed E-state index contributed by atoms with van der Waals surface area (Å²) in [6.07, 6.45) is 3.62. The molecule has 0 atom stereocenters. The molecule has 1 aliphatic rings. The van der Waals surface area contributed by atoms with Crippen LogP contribution in [0, 0.1) is 6.92 Å². The van der Waals surface area contributed by atoms with Crippen LogP contribution in [0.3, 0.4) is 0 Å². The topological polar surface area (TPSA) is 35.5 Å². The average molecular weight is 248 g/mol. The summed E-state index contributed by atoms with van der Waals surface area (Å²) in [7, 11) is 3.33. The minimum absolute atomic E-state index is 0.164. The molecule has 0 amide bonds. The minimum atomic E-state index is -0.205. The first kappa shape index (κ1) is 13.1. The van der Waals surface area contributed by atoms with Crippen molar-refractivity contribution in [3.8, 4) is 5.75 Å². The molecule has 3 heteroatoms. The van der Waals surface area contributed by atoms with Gasteiger partial charge in [0.2, 0.25) is 0 Å². The predicted molar refractivity (Wildman–Crippen MR) is 70.3 cm³/mol. The number of hydrogen-bond donors (Lipinski definition) is 0. The largest absolute Gasteiger partial charge is 0.497 e. The van der Waals surface area contributed by atoms with Gasteiger partial charge in [-0.2, -0.15) is 0 Å². The Morgan fingerprint density at radius 2 is 2.06 bits per heavy atom. The van der Waals surface area contributed by atoms with Gasteiger partial charge < -0.3 is 9.47 Å².